The Morgan fingerprint density at radius 2 is 1.84 bits per heavy atom. The van der Waals surface area contributed by atoms with E-state index in [1.165, 1.54) is 11.9 Å². The van der Waals surface area contributed by atoms with Gasteiger partial charge in [-0.15, -0.1) is 4.91 Å². The smallest absolute Gasteiger partial charge is 0.177 e. The van der Waals surface area contributed by atoms with Gasteiger partial charge in [0.1, 0.15) is 6.67 Å². The molecule has 0 atom stereocenters. The minimum absolute atomic E-state index is 0.182. The molecular formula is C13H18N4O2. The second kappa shape index (κ2) is 6.53. The molecule has 102 valence electrons. The molecule has 0 unspecified atom stereocenters. The summed E-state index contributed by atoms with van der Waals surface area (Å²) >= 11 is 0. The number of rotatable bonds is 6. The van der Waals surface area contributed by atoms with Gasteiger partial charge in [-0.1, -0.05) is 18.2 Å². The molecule has 6 heteroatoms. The predicted octanol–water partition coefficient (Wildman–Crippen LogP) is 1.84. The van der Waals surface area contributed by atoms with Gasteiger partial charge in [0.05, 0.1) is 16.7 Å². The first-order valence-corrected chi connectivity index (χ1v) is 5.81. The van der Waals surface area contributed by atoms with Crippen LogP contribution in [0.15, 0.2) is 47.0 Å². The lowest BCUT2D eigenvalue weighted by Crippen LogP contribution is -2.33. The maximum atomic E-state index is 11.2. The monoisotopic (exact) mass is 262 g/mol. The van der Waals surface area contributed by atoms with Crippen molar-refractivity contribution in [2.75, 3.05) is 18.7 Å². The molecule has 0 saturated carbocycles. The molecule has 19 heavy (non-hydrogen) atoms. The summed E-state index contributed by atoms with van der Waals surface area (Å²) in [5.74, 6) is -0.199. The van der Waals surface area contributed by atoms with E-state index < -0.39 is 0 Å². The number of para-hydroxylation sites is 1. The lowest BCUT2D eigenvalue weighted by molar-refractivity contribution is -0.113. The van der Waals surface area contributed by atoms with Crippen LogP contribution in [-0.2, 0) is 4.79 Å². The Labute approximate surface area is 112 Å². The summed E-state index contributed by atoms with van der Waals surface area (Å²) in [5.41, 5.74) is 7.15. The maximum absolute atomic E-state index is 11.2. The van der Waals surface area contributed by atoms with Crippen LogP contribution in [0.2, 0.25) is 0 Å². The third-order valence-electron chi connectivity index (χ3n) is 2.84. The fourth-order valence-corrected chi connectivity index (χ4v) is 1.52. The van der Waals surface area contributed by atoms with Gasteiger partial charge in [0.15, 0.2) is 5.78 Å². The van der Waals surface area contributed by atoms with Crippen molar-refractivity contribution in [3.63, 3.8) is 0 Å². The van der Waals surface area contributed by atoms with E-state index in [0.717, 1.165) is 0 Å². The van der Waals surface area contributed by atoms with E-state index in [4.69, 9.17) is 5.73 Å². The molecule has 2 N–H and O–H groups in total. The minimum Gasteiger partial charge on any atom is -0.394 e. The lowest BCUT2D eigenvalue weighted by atomic mass is 10.2. The summed E-state index contributed by atoms with van der Waals surface area (Å²) in [7, 11) is 1.74. The van der Waals surface area contributed by atoms with Gasteiger partial charge in [0.25, 0.3) is 0 Å². The average molecular weight is 262 g/mol. The van der Waals surface area contributed by atoms with Gasteiger partial charge in [-0.2, -0.15) is 0 Å². The second-order valence-electron chi connectivity index (χ2n) is 4.21. The standard InChI is InChI=1S/C13H18N4O2/c1-10(13(14)11(2)18)16(3)9-17(15-19)12-7-5-4-6-8-12/h4-8H,9,14H2,1-3H3/b13-10-. The van der Waals surface area contributed by atoms with E-state index in [1.54, 1.807) is 31.0 Å². The summed E-state index contributed by atoms with van der Waals surface area (Å²) in [5, 5.41) is 4.27. The number of carbonyl (C=O) groups is 1. The van der Waals surface area contributed by atoms with Crippen LogP contribution in [0.5, 0.6) is 0 Å². The van der Waals surface area contributed by atoms with E-state index in [-0.39, 0.29) is 18.1 Å². The van der Waals surface area contributed by atoms with E-state index in [9.17, 15) is 9.70 Å². The van der Waals surface area contributed by atoms with Gasteiger partial charge in [0, 0.05) is 19.7 Å². The van der Waals surface area contributed by atoms with Gasteiger partial charge in [-0.25, -0.2) is 5.01 Å². The third kappa shape index (κ3) is 3.80. The Hall–Kier alpha value is -2.37. The van der Waals surface area contributed by atoms with Crippen molar-refractivity contribution in [3.8, 4) is 0 Å². The zero-order valence-corrected chi connectivity index (χ0v) is 11.3. The molecule has 0 amide bonds. The van der Waals surface area contributed by atoms with E-state index in [1.807, 2.05) is 18.2 Å². The number of hydrogen-bond acceptors (Lipinski definition) is 5. The summed E-state index contributed by atoms with van der Waals surface area (Å²) in [4.78, 5) is 23.8. The quantitative estimate of drug-likeness (QED) is 0.366. The van der Waals surface area contributed by atoms with Crippen LogP contribution in [0.1, 0.15) is 13.8 Å². The van der Waals surface area contributed by atoms with E-state index in [0.29, 0.717) is 11.4 Å². The second-order valence-corrected chi connectivity index (χ2v) is 4.21. The molecule has 0 bridgehead atoms. The number of anilines is 1. The number of allylic oxidation sites excluding steroid dienone is 2. The Morgan fingerprint density at radius 3 is 2.32 bits per heavy atom. The van der Waals surface area contributed by atoms with Crippen LogP contribution in [0.25, 0.3) is 0 Å². The van der Waals surface area contributed by atoms with Gasteiger partial charge < -0.3 is 10.6 Å². The van der Waals surface area contributed by atoms with Gasteiger partial charge >= 0.3 is 0 Å². The summed E-state index contributed by atoms with van der Waals surface area (Å²) < 4.78 is 0. The Morgan fingerprint density at radius 1 is 1.26 bits per heavy atom. The first-order valence-electron chi connectivity index (χ1n) is 5.81. The molecule has 0 aromatic heterocycles. The number of nitrogens with two attached hydrogens (primary N) is 1. The molecular weight excluding hydrogens is 244 g/mol. The van der Waals surface area contributed by atoms with E-state index in [2.05, 4.69) is 5.29 Å². The predicted molar refractivity (Wildman–Crippen MR) is 74.9 cm³/mol. The lowest BCUT2D eigenvalue weighted by Gasteiger charge is -2.26. The molecule has 6 nitrogen and oxygen atoms in total. The molecule has 1 aromatic carbocycles. The fourth-order valence-electron chi connectivity index (χ4n) is 1.52. The normalized spacial score (nSPS) is 11.5. The number of ketones is 1. The molecule has 0 spiro atoms. The highest BCUT2D eigenvalue weighted by Gasteiger charge is 2.13. The first kappa shape index (κ1) is 14.7. The zero-order chi connectivity index (χ0) is 14.4. The Bertz CT molecular complexity index is 485. The highest BCUT2D eigenvalue weighted by Crippen LogP contribution is 2.15. The van der Waals surface area contributed by atoms with E-state index >= 15 is 0 Å². The molecule has 0 aliphatic rings. The molecule has 1 aromatic rings. The van der Waals surface area contributed by atoms with Crippen molar-refractivity contribution in [1.82, 2.24) is 4.90 Å². The van der Waals surface area contributed by atoms with Crippen LogP contribution < -0.4 is 10.7 Å². The Kier molecular flexibility index (Phi) is 5.05. The minimum atomic E-state index is -0.199. The number of nitrogens with zero attached hydrogens (tertiary/aromatic N) is 3. The first-order chi connectivity index (χ1) is 8.97. The highest BCUT2D eigenvalue weighted by molar-refractivity contribution is 5.92. The Balaban J connectivity index is 2.86. The van der Waals surface area contributed by atoms with Crippen LogP contribution in [0, 0.1) is 4.91 Å². The fraction of sp³-hybridized carbons (Fsp3) is 0.308. The largest absolute Gasteiger partial charge is 0.394 e. The maximum Gasteiger partial charge on any atom is 0.177 e. The molecule has 0 radical (unpaired) electrons. The highest BCUT2D eigenvalue weighted by atomic mass is 16.3. The van der Waals surface area contributed by atoms with Crippen molar-refractivity contribution >= 4 is 11.5 Å². The van der Waals surface area contributed by atoms with Crippen LogP contribution in [-0.4, -0.2) is 24.4 Å². The van der Waals surface area contributed by atoms with Gasteiger partial charge in [-0.05, 0) is 19.1 Å². The SMILES string of the molecule is CC(=O)/C(N)=C(\C)N(C)CN(N=O)c1ccccc1. The summed E-state index contributed by atoms with van der Waals surface area (Å²) in [6.07, 6.45) is 0. The number of hydrogen-bond donors (Lipinski definition) is 1. The third-order valence-corrected chi connectivity index (χ3v) is 2.84. The summed E-state index contributed by atoms with van der Waals surface area (Å²) in [6, 6.07) is 9.06. The number of carbonyl (C=O) groups excluding carboxylic acids is 1. The van der Waals surface area contributed by atoms with Crippen molar-refractivity contribution in [2.24, 2.45) is 11.0 Å². The topological polar surface area (TPSA) is 79.0 Å². The zero-order valence-electron chi connectivity index (χ0n) is 11.3. The molecule has 0 aliphatic heterocycles. The molecule has 0 aliphatic carbocycles. The molecule has 0 heterocycles. The van der Waals surface area contributed by atoms with Crippen molar-refractivity contribution in [1.29, 1.82) is 0 Å². The van der Waals surface area contributed by atoms with Gasteiger partial charge in [-0.3, -0.25) is 4.79 Å². The average Bonchev–Trinajstić information content (AvgIpc) is 2.43. The number of Topliss-reactive ketones (excluding diaryl/α,β-unsaturated/α-hetero) is 1. The molecule has 0 fully saturated rings. The number of nitroso groups, excluding NO2 is 1. The van der Waals surface area contributed by atoms with Gasteiger partial charge in [0.2, 0.25) is 0 Å². The van der Waals surface area contributed by atoms with Crippen molar-refractivity contribution in [3.05, 3.63) is 46.6 Å². The van der Waals surface area contributed by atoms with Crippen molar-refractivity contribution < 1.29 is 4.79 Å². The van der Waals surface area contributed by atoms with Crippen LogP contribution in [0.4, 0.5) is 5.69 Å². The van der Waals surface area contributed by atoms with Crippen LogP contribution in [0.3, 0.4) is 0 Å². The molecule has 0 saturated heterocycles. The van der Waals surface area contributed by atoms with Crippen molar-refractivity contribution in [2.45, 2.75) is 13.8 Å². The van der Waals surface area contributed by atoms with Crippen LogP contribution >= 0.6 is 0 Å². The molecule has 1 rings (SSSR count). The summed E-state index contributed by atoms with van der Waals surface area (Å²) in [6.45, 7) is 3.34. The number of benzene rings is 1.